The van der Waals surface area contributed by atoms with Gasteiger partial charge in [0.25, 0.3) is 0 Å². The van der Waals surface area contributed by atoms with Gasteiger partial charge in [0.05, 0.1) is 17.3 Å². The zero-order chi connectivity index (χ0) is 17.9. The first-order valence-corrected chi connectivity index (χ1v) is 9.24. The predicted octanol–water partition coefficient (Wildman–Crippen LogP) is 3.82. The fourth-order valence-electron chi connectivity index (χ4n) is 3.09. The normalized spacial score (nSPS) is 15.7. The molecule has 4 rings (SSSR count). The van der Waals surface area contributed by atoms with Crippen molar-refractivity contribution in [3.05, 3.63) is 64.9 Å². The number of thiazole rings is 1. The van der Waals surface area contributed by atoms with E-state index in [9.17, 15) is 4.79 Å². The second-order valence-corrected chi connectivity index (χ2v) is 7.33. The van der Waals surface area contributed by atoms with Crippen molar-refractivity contribution in [3.8, 4) is 16.6 Å². The Balaban J connectivity index is 1.46. The van der Waals surface area contributed by atoms with Crippen LogP contribution in [0.15, 0.2) is 48.8 Å². The summed E-state index contributed by atoms with van der Waals surface area (Å²) in [6, 6.07) is 12.9. The predicted molar refractivity (Wildman–Crippen MR) is 101 cm³/mol. The molecule has 128 valence electrons. The van der Waals surface area contributed by atoms with E-state index in [1.54, 1.807) is 48.0 Å². The summed E-state index contributed by atoms with van der Waals surface area (Å²) in [4.78, 5) is 22.6. The lowest BCUT2D eigenvalue weighted by atomic mass is 9.90. The van der Waals surface area contributed by atoms with Gasteiger partial charge in [-0.25, -0.2) is 4.98 Å². The van der Waals surface area contributed by atoms with Gasteiger partial charge in [-0.1, -0.05) is 0 Å². The standard InChI is InChI=1S/C20H16N4OS/c21-12-13-1-4-16(5-2-13)23-19(25)15-3-6-17-18(11-15)26-20(24-17)14-7-9-22-10-8-14/h1-2,4-5,7-10,15H,3,6,11H2,(H,23,25). The lowest BCUT2D eigenvalue weighted by Crippen LogP contribution is -2.27. The molecule has 0 bridgehead atoms. The summed E-state index contributed by atoms with van der Waals surface area (Å²) in [7, 11) is 0. The molecule has 0 saturated carbocycles. The van der Waals surface area contributed by atoms with Gasteiger partial charge in [-0.15, -0.1) is 11.3 Å². The lowest BCUT2D eigenvalue weighted by molar-refractivity contribution is -0.120. The molecule has 0 fully saturated rings. The van der Waals surface area contributed by atoms with Crippen LogP contribution in [0.5, 0.6) is 0 Å². The molecule has 1 aliphatic rings. The summed E-state index contributed by atoms with van der Waals surface area (Å²) in [5, 5.41) is 12.8. The van der Waals surface area contributed by atoms with Gasteiger partial charge >= 0.3 is 0 Å². The largest absolute Gasteiger partial charge is 0.326 e. The maximum Gasteiger partial charge on any atom is 0.227 e. The van der Waals surface area contributed by atoms with Crippen molar-refractivity contribution < 1.29 is 4.79 Å². The number of amides is 1. The van der Waals surface area contributed by atoms with Crippen molar-refractivity contribution in [2.75, 3.05) is 5.32 Å². The van der Waals surface area contributed by atoms with Gasteiger partial charge in [-0.3, -0.25) is 9.78 Å². The van der Waals surface area contributed by atoms with Crippen LogP contribution in [0.3, 0.4) is 0 Å². The summed E-state index contributed by atoms with van der Waals surface area (Å²) >= 11 is 1.67. The molecule has 1 aromatic carbocycles. The molecule has 0 aliphatic heterocycles. The van der Waals surface area contributed by atoms with E-state index in [-0.39, 0.29) is 11.8 Å². The highest BCUT2D eigenvalue weighted by Gasteiger charge is 2.27. The summed E-state index contributed by atoms with van der Waals surface area (Å²) in [5.41, 5.74) is 3.49. The third-order valence-electron chi connectivity index (χ3n) is 4.52. The summed E-state index contributed by atoms with van der Waals surface area (Å²) in [5.74, 6) is -0.0249. The lowest BCUT2D eigenvalue weighted by Gasteiger charge is -2.20. The van der Waals surface area contributed by atoms with E-state index in [0.717, 1.165) is 41.2 Å². The Hall–Kier alpha value is -3.04. The fourth-order valence-corrected chi connectivity index (χ4v) is 4.28. The second kappa shape index (κ2) is 7.06. The molecule has 2 heterocycles. The van der Waals surface area contributed by atoms with E-state index < -0.39 is 0 Å². The zero-order valence-electron chi connectivity index (χ0n) is 14.0. The second-order valence-electron chi connectivity index (χ2n) is 6.24. The van der Waals surface area contributed by atoms with Crippen molar-refractivity contribution in [2.24, 2.45) is 5.92 Å². The molecule has 1 N–H and O–H groups in total. The molecule has 1 amide bonds. The number of nitriles is 1. The number of hydrogen-bond acceptors (Lipinski definition) is 5. The van der Waals surface area contributed by atoms with Crippen LogP contribution in [0.1, 0.15) is 22.6 Å². The quantitative estimate of drug-likeness (QED) is 0.770. The van der Waals surface area contributed by atoms with Gasteiger partial charge < -0.3 is 5.32 Å². The van der Waals surface area contributed by atoms with Crippen LogP contribution in [0.4, 0.5) is 5.69 Å². The Morgan fingerprint density at radius 1 is 1.19 bits per heavy atom. The van der Waals surface area contributed by atoms with Crippen molar-refractivity contribution in [1.82, 2.24) is 9.97 Å². The molecular weight excluding hydrogens is 344 g/mol. The van der Waals surface area contributed by atoms with Gasteiger partial charge in [0.15, 0.2) is 0 Å². The number of anilines is 1. The van der Waals surface area contributed by atoms with Crippen molar-refractivity contribution >= 4 is 22.9 Å². The van der Waals surface area contributed by atoms with E-state index in [1.165, 1.54) is 4.88 Å². The van der Waals surface area contributed by atoms with Crippen molar-refractivity contribution in [1.29, 1.82) is 5.26 Å². The number of carbonyl (C=O) groups is 1. The minimum Gasteiger partial charge on any atom is -0.326 e. The minimum absolute atomic E-state index is 0.0271. The highest BCUT2D eigenvalue weighted by Crippen LogP contribution is 2.34. The van der Waals surface area contributed by atoms with Crippen LogP contribution in [0, 0.1) is 17.2 Å². The number of hydrogen-bond donors (Lipinski definition) is 1. The molecule has 1 unspecified atom stereocenters. The van der Waals surface area contributed by atoms with Crippen molar-refractivity contribution in [3.63, 3.8) is 0 Å². The molecule has 1 aliphatic carbocycles. The average Bonchev–Trinajstić information content (AvgIpc) is 3.12. The van der Waals surface area contributed by atoms with Gasteiger partial charge in [0.2, 0.25) is 5.91 Å². The molecule has 3 aromatic rings. The smallest absolute Gasteiger partial charge is 0.227 e. The van der Waals surface area contributed by atoms with Gasteiger partial charge in [0.1, 0.15) is 5.01 Å². The van der Waals surface area contributed by atoms with Gasteiger partial charge in [-0.2, -0.15) is 5.26 Å². The zero-order valence-corrected chi connectivity index (χ0v) is 14.8. The number of aromatic nitrogens is 2. The number of fused-ring (bicyclic) bond motifs is 1. The SMILES string of the molecule is N#Cc1ccc(NC(=O)C2CCc3nc(-c4ccncc4)sc3C2)cc1. The van der Waals surface area contributed by atoms with E-state index >= 15 is 0 Å². The number of nitrogens with one attached hydrogen (secondary N) is 1. The maximum absolute atomic E-state index is 12.6. The Morgan fingerprint density at radius 2 is 1.96 bits per heavy atom. The molecule has 6 heteroatoms. The van der Waals surface area contributed by atoms with Gasteiger partial charge in [0, 0.05) is 34.4 Å². The molecular formula is C20H16N4OS. The summed E-state index contributed by atoms with van der Waals surface area (Å²) in [6.07, 6.45) is 5.88. The molecule has 5 nitrogen and oxygen atoms in total. The van der Waals surface area contributed by atoms with Crippen LogP contribution in [-0.2, 0) is 17.6 Å². The topological polar surface area (TPSA) is 78.7 Å². The van der Waals surface area contributed by atoms with Crippen LogP contribution in [0.25, 0.3) is 10.6 Å². The minimum atomic E-state index is -0.0520. The highest BCUT2D eigenvalue weighted by atomic mass is 32.1. The number of benzene rings is 1. The van der Waals surface area contributed by atoms with E-state index in [2.05, 4.69) is 16.4 Å². The first-order valence-electron chi connectivity index (χ1n) is 8.43. The first kappa shape index (κ1) is 16.4. The number of rotatable bonds is 3. The molecule has 26 heavy (non-hydrogen) atoms. The molecule has 1 atom stereocenters. The monoisotopic (exact) mass is 360 g/mol. The summed E-state index contributed by atoms with van der Waals surface area (Å²) < 4.78 is 0. The van der Waals surface area contributed by atoms with E-state index in [0.29, 0.717) is 5.56 Å². The van der Waals surface area contributed by atoms with Gasteiger partial charge in [-0.05, 0) is 55.7 Å². The van der Waals surface area contributed by atoms with Crippen molar-refractivity contribution in [2.45, 2.75) is 19.3 Å². The Morgan fingerprint density at radius 3 is 2.69 bits per heavy atom. The number of nitrogens with zero attached hydrogens (tertiary/aromatic N) is 3. The highest BCUT2D eigenvalue weighted by molar-refractivity contribution is 7.15. The average molecular weight is 360 g/mol. The number of pyridine rings is 1. The van der Waals surface area contributed by atoms with Crippen LogP contribution in [-0.4, -0.2) is 15.9 Å². The van der Waals surface area contributed by atoms with E-state index in [1.807, 2.05) is 12.1 Å². The molecule has 0 saturated heterocycles. The first-order chi connectivity index (χ1) is 12.7. The number of aryl methyl sites for hydroxylation is 1. The van der Waals surface area contributed by atoms with Crippen LogP contribution in [0.2, 0.25) is 0 Å². The molecule has 0 spiro atoms. The third kappa shape index (κ3) is 3.35. The Kier molecular flexibility index (Phi) is 4.46. The maximum atomic E-state index is 12.6. The summed E-state index contributed by atoms with van der Waals surface area (Å²) in [6.45, 7) is 0. The third-order valence-corrected chi connectivity index (χ3v) is 5.69. The Labute approximate surface area is 155 Å². The fraction of sp³-hybridized carbons (Fsp3) is 0.200. The van der Waals surface area contributed by atoms with Crippen LogP contribution < -0.4 is 5.32 Å². The van der Waals surface area contributed by atoms with Crippen LogP contribution >= 0.6 is 11.3 Å². The number of carbonyl (C=O) groups excluding carboxylic acids is 1. The molecule has 2 aromatic heterocycles. The Bertz CT molecular complexity index is 973. The van der Waals surface area contributed by atoms with E-state index in [4.69, 9.17) is 10.2 Å². The molecule has 0 radical (unpaired) electrons.